The molecule has 7 nitrogen and oxygen atoms in total. The van der Waals surface area contributed by atoms with Gasteiger partial charge in [-0.15, -0.1) is 11.3 Å². The van der Waals surface area contributed by atoms with Gasteiger partial charge in [-0.1, -0.05) is 6.07 Å². The Hall–Kier alpha value is -3.65. The monoisotopic (exact) mass is 433 g/mol. The van der Waals surface area contributed by atoms with Crippen molar-refractivity contribution in [2.75, 3.05) is 13.7 Å². The molecular weight excluding hydrogens is 414 g/mol. The third-order valence-corrected chi connectivity index (χ3v) is 6.60. The van der Waals surface area contributed by atoms with Gasteiger partial charge in [-0.2, -0.15) is 0 Å². The topological polar surface area (TPSA) is 88.5 Å². The molecule has 1 amide bonds. The number of methoxy groups -OCH3 is 1. The molecule has 0 bridgehead atoms. The fraction of sp³-hybridized carbons (Fsp3) is 0.174. The molecule has 3 heterocycles. The lowest BCUT2D eigenvalue weighted by molar-refractivity contribution is -0.384. The first-order valence-corrected chi connectivity index (χ1v) is 10.7. The molecule has 0 saturated carbocycles. The van der Waals surface area contributed by atoms with Gasteiger partial charge < -0.3 is 14.6 Å². The first kappa shape index (κ1) is 19.3. The van der Waals surface area contributed by atoms with Gasteiger partial charge in [-0.25, -0.2) is 0 Å². The summed E-state index contributed by atoms with van der Waals surface area (Å²) >= 11 is 1.41. The molecule has 1 atom stereocenters. The molecule has 4 aromatic rings. The van der Waals surface area contributed by atoms with Crippen molar-refractivity contribution in [3.05, 3.63) is 91.8 Å². The van der Waals surface area contributed by atoms with Gasteiger partial charge in [0, 0.05) is 35.3 Å². The molecule has 0 radical (unpaired) electrons. The van der Waals surface area contributed by atoms with Crippen LogP contribution in [-0.4, -0.2) is 34.4 Å². The van der Waals surface area contributed by atoms with E-state index in [1.165, 1.54) is 23.5 Å². The number of carbonyl (C=O) groups is 1. The van der Waals surface area contributed by atoms with Crippen LogP contribution in [0.1, 0.15) is 32.5 Å². The Balaban J connectivity index is 1.66. The molecule has 5 rings (SSSR count). The van der Waals surface area contributed by atoms with E-state index in [1.807, 2.05) is 40.6 Å². The normalized spacial score (nSPS) is 15.6. The van der Waals surface area contributed by atoms with Crippen molar-refractivity contribution in [1.29, 1.82) is 0 Å². The Morgan fingerprint density at radius 2 is 2.03 bits per heavy atom. The van der Waals surface area contributed by atoms with Gasteiger partial charge in [-0.3, -0.25) is 14.9 Å². The van der Waals surface area contributed by atoms with Gasteiger partial charge in [0.25, 0.3) is 11.6 Å². The molecule has 1 N–H and O–H groups in total. The van der Waals surface area contributed by atoms with Crippen LogP contribution in [0.4, 0.5) is 5.69 Å². The zero-order valence-electron chi connectivity index (χ0n) is 16.7. The van der Waals surface area contributed by atoms with E-state index in [0.717, 1.165) is 33.5 Å². The quantitative estimate of drug-likeness (QED) is 0.365. The maximum atomic E-state index is 13.3. The Bertz CT molecular complexity index is 1280. The minimum absolute atomic E-state index is 0.0253. The first-order chi connectivity index (χ1) is 15.1. The Labute approximate surface area is 182 Å². The van der Waals surface area contributed by atoms with Crippen LogP contribution in [0.3, 0.4) is 0 Å². The van der Waals surface area contributed by atoms with E-state index in [9.17, 15) is 14.9 Å². The number of ether oxygens (including phenoxy) is 1. The van der Waals surface area contributed by atoms with Gasteiger partial charge in [0.1, 0.15) is 5.75 Å². The number of benzene rings is 2. The predicted molar refractivity (Wildman–Crippen MR) is 119 cm³/mol. The minimum Gasteiger partial charge on any atom is -0.497 e. The minimum atomic E-state index is -0.417. The summed E-state index contributed by atoms with van der Waals surface area (Å²) in [4.78, 5) is 30.1. The highest BCUT2D eigenvalue weighted by Gasteiger charge is 2.35. The number of rotatable bonds is 4. The highest BCUT2D eigenvalue weighted by Crippen LogP contribution is 2.40. The number of thiophene rings is 1. The molecule has 0 spiro atoms. The van der Waals surface area contributed by atoms with Crippen molar-refractivity contribution in [2.45, 2.75) is 12.5 Å². The number of non-ortho nitro benzene ring substituents is 1. The number of hydrogen-bond acceptors (Lipinski definition) is 5. The first-order valence-electron chi connectivity index (χ1n) is 9.84. The molecule has 0 unspecified atom stereocenters. The third-order valence-electron chi connectivity index (χ3n) is 5.75. The SMILES string of the molecule is COc1ccc2[nH]c3c(c2c1)CCN(C(=O)c1cccs1)[C@@H]3c1ccc([N+](=O)[O-])cc1. The predicted octanol–water partition coefficient (Wildman–Crippen LogP) is 4.93. The van der Waals surface area contributed by atoms with Gasteiger partial charge >= 0.3 is 0 Å². The second-order valence-electron chi connectivity index (χ2n) is 7.41. The summed E-state index contributed by atoms with van der Waals surface area (Å²) < 4.78 is 5.40. The number of H-pyrrole nitrogens is 1. The van der Waals surface area contributed by atoms with E-state index < -0.39 is 4.92 Å². The summed E-state index contributed by atoms with van der Waals surface area (Å²) in [5, 5.41) is 14.1. The number of nitro groups is 1. The number of nitro benzene ring substituents is 1. The lowest BCUT2D eigenvalue weighted by Gasteiger charge is -2.36. The number of amides is 1. The molecule has 31 heavy (non-hydrogen) atoms. The molecule has 0 saturated heterocycles. The molecule has 156 valence electrons. The van der Waals surface area contributed by atoms with Gasteiger partial charge in [0.05, 0.1) is 23.0 Å². The zero-order chi connectivity index (χ0) is 21.5. The Morgan fingerprint density at radius 1 is 1.23 bits per heavy atom. The smallest absolute Gasteiger partial charge is 0.269 e. The average Bonchev–Trinajstić information content (AvgIpc) is 3.45. The molecule has 1 aliphatic heterocycles. The highest BCUT2D eigenvalue weighted by atomic mass is 32.1. The highest BCUT2D eigenvalue weighted by molar-refractivity contribution is 7.12. The molecule has 8 heteroatoms. The maximum Gasteiger partial charge on any atom is 0.269 e. The van der Waals surface area contributed by atoms with Crippen LogP contribution < -0.4 is 4.74 Å². The summed E-state index contributed by atoms with van der Waals surface area (Å²) in [5.41, 5.74) is 3.91. The van der Waals surface area contributed by atoms with Crippen molar-refractivity contribution >= 4 is 33.8 Å². The largest absolute Gasteiger partial charge is 0.497 e. The lowest BCUT2D eigenvalue weighted by atomic mass is 9.92. The van der Waals surface area contributed by atoms with Gasteiger partial charge in [-0.05, 0) is 59.3 Å². The standard InChI is InChI=1S/C23H19N3O4S/c1-30-16-8-9-19-18(13-16)17-10-11-25(23(27)20-3-2-12-31-20)22(21(17)24-19)14-4-6-15(7-5-14)26(28)29/h2-9,12-13,22,24H,10-11H2,1H3/t22-/m1/s1. The number of nitrogens with zero attached hydrogens (tertiary/aromatic N) is 2. The Morgan fingerprint density at radius 3 is 2.71 bits per heavy atom. The molecule has 1 aliphatic rings. The van der Waals surface area contributed by atoms with E-state index in [1.54, 1.807) is 19.2 Å². The van der Waals surface area contributed by atoms with Crippen LogP contribution in [0.15, 0.2) is 60.0 Å². The number of hydrogen-bond donors (Lipinski definition) is 1. The van der Waals surface area contributed by atoms with Crippen LogP contribution in [0, 0.1) is 10.1 Å². The molecular formula is C23H19N3O4S. The maximum absolute atomic E-state index is 13.3. The van der Waals surface area contributed by atoms with Gasteiger partial charge in [0.15, 0.2) is 0 Å². The van der Waals surface area contributed by atoms with Crippen molar-refractivity contribution in [1.82, 2.24) is 9.88 Å². The van der Waals surface area contributed by atoms with Crippen LogP contribution in [-0.2, 0) is 6.42 Å². The van der Waals surface area contributed by atoms with Crippen LogP contribution in [0.5, 0.6) is 5.75 Å². The van der Waals surface area contributed by atoms with Crippen molar-refractivity contribution < 1.29 is 14.5 Å². The lowest BCUT2D eigenvalue weighted by Crippen LogP contribution is -2.40. The number of nitrogens with one attached hydrogen (secondary N) is 1. The fourth-order valence-electron chi connectivity index (χ4n) is 4.28. The summed E-state index contributed by atoms with van der Waals surface area (Å²) in [6, 6.07) is 15.7. The van der Waals surface area contributed by atoms with Crippen LogP contribution in [0.2, 0.25) is 0 Å². The van der Waals surface area contributed by atoms with Crippen LogP contribution in [0.25, 0.3) is 10.9 Å². The summed E-state index contributed by atoms with van der Waals surface area (Å²) in [6.45, 7) is 0.551. The molecule has 0 fully saturated rings. The summed E-state index contributed by atoms with van der Waals surface area (Å²) in [5.74, 6) is 0.735. The van der Waals surface area contributed by atoms with Crippen molar-refractivity contribution in [2.24, 2.45) is 0 Å². The van der Waals surface area contributed by atoms with E-state index in [-0.39, 0.29) is 17.6 Å². The van der Waals surface area contributed by atoms with Gasteiger partial charge in [0.2, 0.25) is 0 Å². The van der Waals surface area contributed by atoms with E-state index in [0.29, 0.717) is 17.8 Å². The van der Waals surface area contributed by atoms with Crippen molar-refractivity contribution in [3.8, 4) is 5.75 Å². The van der Waals surface area contributed by atoms with Crippen LogP contribution >= 0.6 is 11.3 Å². The average molecular weight is 433 g/mol. The fourth-order valence-corrected chi connectivity index (χ4v) is 4.96. The van der Waals surface area contributed by atoms with Crippen molar-refractivity contribution in [3.63, 3.8) is 0 Å². The molecule has 2 aromatic heterocycles. The number of aromatic amines is 1. The van der Waals surface area contributed by atoms with E-state index in [4.69, 9.17) is 4.74 Å². The van der Waals surface area contributed by atoms with E-state index >= 15 is 0 Å². The van der Waals surface area contributed by atoms with E-state index in [2.05, 4.69) is 4.98 Å². The number of aromatic nitrogens is 1. The summed E-state index contributed by atoms with van der Waals surface area (Å²) in [6.07, 6.45) is 0.711. The summed E-state index contributed by atoms with van der Waals surface area (Å²) in [7, 11) is 1.64. The zero-order valence-corrected chi connectivity index (χ0v) is 17.5. The second-order valence-corrected chi connectivity index (χ2v) is 8.35. The number of fused-ring (bicyclic) bond motifs is 3. The Kier molecular flexibility index (Phi) is 4.71. The molecule has 0 aliphatic carbocycles. The number of carbonyl (C=O) groups excluding carboxylic acids is 1. The molecule has 2 aromatic carbocycles. The second kappa shape index (κ2) is 7.55. The third kappa shape index (κ3) is 3.25.